The number of primary amides is 1. The van der Waals surface area contributed by atoms with E-state index in [0.717, 1.165) is 6.42 Å². The van der Waals surface area contributed by atoms with Gasteiger partial charge in [0.15, 0.2) is 0 Å². The van der Waals surface area contributed by atoms with Crippen LogP contribution in [0.3, 0.4) is 0 Å². The summed E-state index contributed by atoms with van der Waals surface area (Å²) in [6, 6.07) is -4.21. The number of aromatic nitrogens is 2. The van der Waals surface area contributed by atoms with Crippen LogP contribution in [0.4, 0.5) is 0 Å². The van der Waals surface area contributed by atoms with Crippen molar-refractivity contribution >= 4 is 42.2 Å². The van der Waals surface area contributed by atoms with E-state index in [-0.39, 0.29) is 18.1 Å². The lowest BCUT2D eigenvalue weighted by atomic mass is 10.1. The summed E-state index contributed by atoms with van der Waals surface area (Å²) < 4.78 is 0. The highest BCUT2D eigenvalue weighted by atomic mass is 32.1. The van der Waals surface area contributed by atoms with Crippen molar-refractivity contribution in [1.82, 2.24) is 31.2 Å². The summed E-state index contributed by atoms with van der Waals surface area (Å²) in [4.78, 5) is 66.9. The Morgan fingerprint density at radius 3 is 2.38 bits per heavy atom. The molecule has 0 aromatic carbocycles. The monoisotopic (exact) mass is 469 g/mol. The molecule has 0 bridgehead atoms. The number of carboxylic acids is 1. The van der Waals surface area contributed by atoms with Crippen LogP contribution in [-0.2, 0) is 30.4 Å². The van der Waals surface area contributed by atoms with Crippen molar-refractivity contribution in [2.45, 2.75) is 49.9 Å². The van der Waals surface area contributed by atoms with Gasteiger partial charge in [-0.2, -0.15) is 12.6 Å². The number of amides is 4. The summed E-state index contributed by atoms with van der Waals surface area (Å²) in [5, 5.41) is 19.5. The number of nitrogens with two attached hydrogens (primary N) is 1. The van der Waals surface area contributed by atoms with Gasteiger partial charge >= 0.3 is 5.97 Å². The SMILES string of the molecule is NC(=O)CC(NC(=O)C(CS)NC(=O)C(Cc1cnc[nH]1)NC(=O)C1CCCN1)C(=O)O. The highest BCUT2D eigenvalue weighted by Crippen LogP contribution is 2.07. The minimum Gasteiger partial charge on any atom is -0.480 e. The number of hydrogen-bond donors (Lipinski definition) is 8. The molecule has 13 nitrogen and oxygen atoms in total. The van der Waals surface area contributed by atoms with Crippen LogP contribution in [0.5, 0.6) is 0 Å². The number of imidazole rings is 1. The predicted octanol–water partition coefficient (Wildman–Crippen LogP) is -2.95. The smallest absolute Gasteiger partial charge is 0.326 e. The Hall–Kier alpha value is -3.13. The topological polar surface area (TPSA) is 208 Å². The van der Waals surface area contributed by atoms with Gasteiger partial charge < -0.3 is 37.1 Å². The lowest BCUT2D eigenvalue weighted by Gasteiger charge is -2.24. The van der Waals surface area contributed by atoms with Crippen molar-refractivity contribution in [2.24, 2.45) is 5.73 Å². The number of H-pyrrole nitrogens is 1. The average molecular weight is 470 g/mol. The van der Waals surface area contributed by atoms with E-state index in [1.54, 1.807) is 0 Å². The maximum absolute atomic E-state index is 12.9. The van der Waals surface area contributed by atoms with Crippen LogP contribution in [0.1, 0.15) is 25.0 Å². The highest BCUT2D eigenvalue weighted by molar-refractivity contribution is 7.80. The molecule has 14 heteroatoms. The molecule has 4 atom stereocenters. The first-order chi connectivity index (χ1) is 15.2. The fourth-order valence-corrected chi connectivity index (χ4v) is 3.40. The molecule has 1 aliphatic heterocycles. The van der Waals surface area contributed by atoms with E-state index in [4.69, 9.17) is 10.8 Å². The molecule has 8 N–H and O–H groups in total. The third-order valence-electron chi connectivity index (χ3n) is 4.82. The zero-order valence-electron chi connectivity index (χ0n) is 17.2. The Kier molecular flexibility index (Phi) is 9.46. The molecule has 1 aromatic heterocycles. The quantitative estimate of drug-likeness (QED) is 0.148. The maximum atomic E-state index is 12.9. The second-order valence-corrected chi connectivity index (χ2v) is 7.67. The van der Waals surface area contributed by atoms with Gasteiger partial charge in [0.05, 0.1) is 18.8 Å². The predicted molar refractivity (Wildman–Crippen MR) is 114 cm³/mol. The van der Waals surface area contributed by atoms with Crippen molar-refractivity contribution in [1.29, 1.82) is 0 Å². The standard InChI is InChI=1S/C18H27N7O6S/c19-14(26)5-12(18(30)31)24-17(29)13(7-32)25-16(28)11(4-9-6-20-8-22-9)23-15(27)10-2-1-3-21-10/h6,8,10-13,21,32H,1-5,7H2,(H2,19,26)(H,20,22)(H,23,27)(H,24,29)(H,25,28)(H,30,31). The first kappa shape index (κ1) is 25.1. The molecular weight excluding hydrogens is 442 g/mol. The first-order valence-corrected chi connectivity index (χ1v) is 10.6. The van der Waals surface area contributed by atoms with Crippen molar-refractivity contribution in [2.75, 3.05) is 12.3 Å². The van der Waals surface area contributed by atoms with E-state index >= 15 is 0 Å². The van der Waals surface area contributed by atoms with Gasteiger partial charge in [-0.05, 0) is 19.4 Å². The summed E-state index contributed by atoms with van der Waals surface area (Å²) in [5.41, 5.74) is 5.59. The van der Waals surface area contributed by atoms with Gasteiger partial charge in [0.25, 0.3) is 0 Å². The lowest BCUT2D eigenvalue weighted by molar-refractivity contribution is -0.143. The van der Waals surface area contributed by atoms with E-state index in [9.17, 15) is 24.0 Å². The number of hydrogen-bond acceptors (Lipinski definition) is 8. The molecule has 1 saturated heterocycles. The van der Waals surface area contributed by atoms with Gasteiger partial charge in [-0.3, -0.25) is 19.2 Å². The highest BCUT2D eigenvalue weighted by Gasteiger charge is 2.31. The molecular formula is C18H27N7O6S. The Morgan fingerprint density at radius 2 is 1.84 bits per heavy atom. The summed E-state index contributed by atoms with van der Waals surface area (Å²) in [6.07, 6.45) is 3.89. The molecule has 1 aromatic rings. The largest absolute Gasteiger partial charge is 0.480 e. The zero-order chi connectivity index (χ0) is 23.7. The fourth-order valence-electron chi connectivity index (χ4n) is 3.15. The third-order valence-corrected chi connectivity index (χ3v) is 5.19. The van der Waals surface area contributed by atoms with E-state index in [1.807, 2.05) is 0 Å². The molecule has 0 saturated carbocycles. The summed E-state index contributed by atoms with van der Waals surface area (Å²) in [5.74, 6) is -4.38. The molecule has 1 fully saturated rings. The number of rotatable bonds is 12. The minimum absolute atomic E-state index is 0.0879. The van der Waals surface area contributed by atoms with E-state index < -0.39 is 54.3 Å². The Morgan fingerprint density at radius 1 is 1.16 bits per heavy atom. The molecule has 0 radical (unpaired) electrons. The Labute approximate surface area is 189 Å². The Bertz CT molecular complexity index is 828. The van der Waals surface area contributed by atoms with Gasteiger partial charge in [-0.1, -0.05) is 0 Å². The molecule has 1 aliphatic rings. The van der Waals surface area contributed by atoms with E-state index in [1.165, 1.54) is 12.5 Å². The maximum Gasteiger partial charge on any atom is 0.326 e. The van der Waals surface area contributed by atoms with Crippen LogP contribution in [0.2, 0.25) is 0 Å². The molecule has 4 unspecified atom stereocenters. The number of thiol groups is 1. The average Bonchev–Trinajstić information content (AvgIpc) is 3.44. The number of carbonyl (C=O) groups is 5. The number of carboxylic acid groups (broad SMARTS) is 1. The van der Waals surface area contributed by atoms with Crippen molar-refractivity contribution in [3.63, 3.8) is 0 Å². The van der Waals surface area contributed by atoms with Gasteiger partial charge in [0.2, 0.25) is 23.6 Å². The number of aliphatic carboxylic acids is 1. The normalized spacial score (nSPS) is 18.2. The third kappa shape index (κ3) is 7.53. The molecule has 4 amide bonds. The number of aromatic amines is 1. The summed E-state index contributed by atoms with van der Waals surface area (Å²) >= 11 is 4.04. The van der Waals surface area contributed by atoms with Crippen LogP contribution >= 0.6 is 12.6 Å². The number of nitrogens with one attached hydrogen (secondary N) is 5. The molecule has 176 valence electrons. The number of carbonyl (C=O) groups excluding carboxylic acids is 4. The summed E-state index contributed by atoms with van der Waals surface area (Å²) in [7, 11) is 0. The van der Waals surface area contributed by atoms with Crippen molar-refractivity contribution < 1.29 is 29.1 Å². The molecule has 32 heavy (non-hydrogen) atoms. The minimum atomic E-state index is -1.55. The van der Waals surface area contributed by atoms with E-state index in [2.05, 4.69) is 43.9 Å². The van der Waals surface area contributed by atoms with Crippen LogP contribution in [-0.4, -0.2) is 81.1 Å². The molecule has 0 spiro atoms. The van der Waals surface area contributed by atoms with Gasteiger partial charge in [0, 0.05) is 24.1 Å². The van der Waals surface area contributed by atoms with Crippen molar-refractivity contribution in [3.8, 4) is 0 Å². The number of nitrogens with zero attached hydrogens (tertiary/aromatic N) is 1. The first-order valence-electron chi connectivity index (χ1n) is 9.95. The zero-order valence-corrected chi connectivity index (χ0v) is 18.1. The van der Waals surface area contributed by atoms with Crippen LogP contribution in [0.15, 0.2) is 12.5 Å². The lowest BCUT2D eigenvalue weighted by Crippen LogP contribution is -2.58. The van der Waals surface area contributed by atoms with Gasteiger partial charge in [-0.15, -0.1) is 0 Å². The van der Waals surface area contributed by atoms with Crippen LogP contribution < -0.4 is 27.0 Å². The fraction of sp³-hybridized carbons (Fsp3) is 0.556. The van der Waals surface area contributed by atoms with Gasteiger partial charge in [0.1, 0.15) is 18.1 Å². The van der Waals surface area contributed by atoms with Crippen LogP contribution in [0, 0.1) is 0 Å². The van der Waals surface area contributed by atoms with E-state index in [0.29, 0.717) is 18.7 Å². The van der Waals surface area contributed by atoms with Gasteiger partial charge in [-0.25, -0.2) is 9.78 Å². The Balaban J connectivity index is 2.07. The van der Waals surface area contributed by atoms with Crippen LogP contribution in [0.25, 0.3) is 0 Å². The second-order valence-electron chi connectivity index (χ2n) is 7.30. The summed E-state index contributed by atoms with van der Waals surface area (Å²) in [6.45, 7) is 0.702. The molecule has 2 rings (SSSR count). The molecule has 2 heterocycles. The van der Waals surface area contributed by atoms with Crippen molar-refractivity contribution in [3.05, 3.63) is 18.2 Å². The second kappa shape index (κ2) is 12.0. The molecule has 0 aliphatic carbocycles.